The summed E-state index contributed by atoms with van der Waals surface area (Å²) in [6.07, 6.45) is 4.13. The molecule has 12 nitrogen and oxygen atoms in total. The normalized spacial score (nSPS) is 27.3. The number of rotatable bonds is 11. The lowest BCUT2D eigenvalue weighted by atomic mass is 9.77. The Kier molecular flexibility index (Phi) is 9.30. The fourth-order valence-electron chi connectivity index (χ4n) is 8.12. The second kappa shape index (κ2) is 13.0. The molecule has 4 aliphatic heterocycles. The smallest absolute Gasteiger partial charge is 0.339 e. The van der Waals surface area contributed by atoms with Crippen LogP contribution in [0.2, 0.25) is 0 Å². The number of hydrogen-bond acceptors (Lipinski definition) is 11. The Morgan fingerprint density at radius 2 is 1.78 bits per heavy atom. The summed E-state index contributed by atoms with van der Waals surface area (Å²) in [5.41, 5.74) is -1.41. The van der Waals surface area contributed by atoms with Crippen LogP contribution >= 0.6 is 0 Å². The number of methoxy groups -OCH3 is 1. The third-order valence-corrected chi connectivity index (χ3v) is 10.5. The molecule has 1 aromatic rings. The maximum absolute atomic E-state index is 14.3. The number of ether oxygens (including phenoxy) is 4. The van der Waals surface area contributed by atoms with Gasteiger partial charge in [-0.25, -0.2) is 4.79 Å². The van der Waals surface area contributed by atoms with Crippen molar-refractivity contribution in [1.29, 1.82) is 0 Å². The van der Waals surface area contributed by atoms with Crippen molar-refractivity contribution in [1.82, 2.24) is 14.7 Å². The van der Waals surface area contributed by atoms with E-state index in [0.717, 1.165) is 43.5 Å². The van der Waals surface area contributed by atoms with Crippen molar-refractivity contribution in [3.63, 3.8) is 0 Å². The molecule has 2 saturated heterocycles. The third kappa shape index (κ3) is 6.34. The summed E-state index contributed by atoms with van der Waals surface area (Å²) in [5, 5.41) is 31.7. The van der Waals surface area contributed by atoms with Crippen molar-refractivity contribution >= 4 is 11.9 Å². The molecule has 12 heteroatoms. The molecule has 4 heterocycles. The number of β-amino-alcohol motifs (C(OH)–C–C–N with tert-alkyl or cyclic N) is 1. The molecule has 1 unspecified atom stereocenters. The van der Waals surface area contributed by atoms with Crippen molar-refractivity contribution in [2.45, 2.75) is 87.6 Å². The van der Waals surface area contributed by atoms with Gasteiger partial charge in [0.1, 0.15) is 5.76 Å². The predicted molar refractivity (Wildman–Crippen MR) is 167 cm³/mol. The monoisotopic (exact) mass is 643 g/mol. The summed E-state index contributed by atoms with van der Waals surface area (Å²) in [5.74, 6) is 0.392. The Bertz CT molecular complexity index is 1340. The summed E-state index contributed by atoms with van der Waals surface area (Å²) in [6.45, 7) is 7.94. The SMILES string of the molecule is COC1=C[C@]23CCCN2CCc2cc4c(cc2C3[C@@H]1OC(=O)[C@@](O)(CCCC(C)(C)O)CC(=O)N1CCN(CCO)CC1)OCO4. The maximum atomic E-state index is 14.3. The van der Waals surface area contributed by atoms with Crippen LogP contribution in [-0.2, 0) is 25.5 Å². The Morgan fingerprint density at radius 1 is 1.04 bits per heavy atom. The first-order valence-corrected chi connectivity index (χ1v) is 16.7. The fraction of sp³-hybridized carbons (Fsp3) is 0.706. The molecule has 1 aromatic carbocycles. The zero-order chi connectivity index (χ0) is 32.7. The van der Waals surface area contributed by atoms with Crippen molar-refractivity contribution in [3.05, 3.63) is 35.1 Å². The van der Waals surface area contributed by atoms with Crippen molar-refractivity contribution < 1.29 is 43.9 Å². The Labute approximate surface area is 270 Å². The van der Waals surface area contributed by atoms with E-state index < -0.39 is 35.2 Å². The number of piperazine rings is 1. The van der Waals surface area contributed by atoms with Crippen LogP contribution in [0.15, 0.2) is 24.0 Å². The van der Waals surface area contributed by atoms with Crippen LogP contribution in [-0.4, -0.2) is 131 Å². The minimum Gasteiger partial charge on any atom is -0.497 e. The van der Waals surface area contributed by atoms with Crippen LogP contribution in [0.4, 0.5) is 0 Å². The van der Waals surface area contributed by atoms with E-state index in [1.165, 1.54) is 0 Å². The second-order valence-corrected chi connectivity index (χ2v) is 14.1. The second-order valence-electron chi connectivity index (χ2n) is 14.1. The molecule has 6 rings (SSSR count). The number of aliphatic hydroxyl groups is 3. The summed E-state index contributed by atoms with van der Waals surface area (Å²) in [6, 6.07) is 4.04. The lowest BCUT2D eigenvalue weighted by Crippen LogP contribution is -2.53. The van der Waals surface area contributed by atoms with Crippen LogP contribution in [0.25, 0.3) is 0 Å². The van der Waals surface area contributed by atoms with E-state index in [-0.39, 0.29) is 31.6 Å². The van der Waals surface area contributed by atoms with Gasteiger partial charge in [0, 0.05) is 39.3 Å². The molecule has 3 N–H and O–H groups in total. The minimum absolute atomic E-state index is 0.0397. The predicted octanol–water partition coefficient (Wildman–Crippen LogP) is 1.54. The van der Waals surface area contributed by atoms with Gasteiger partial charge in [-0.2, -0.15) is 0 Å². The van der Waals surface area contributed by atoms with Gasteiger partial charge < -0.3 is 39.2 Å². The van der Waals surface area contributed by atoms with E-state index in [4.69, 9.17) is 18.9 Å². The molecule has 2 fully saturated rings. The molecule has 0 radical (unpaired) electrons. The number of amides is 1. The third-order valence-electron chi connectivity index (χ3n) is 10.5. The van der Waals surface area contributed by atoms with E-state index in [9.17, 15) is 24.9 Å². The molecule has 0 saturated carbocycles. The highest BCUT2D eigenvalue weighted by atomic mass is 16.7. The lowest BCUT2D eigenvalue weighted by molar-refractivity contribution is -0.177. The van der Waals surface area contributed by atoms with Gasteiger partial charge in [-0.3, -0.25) is 14.6 Å². The van der Waals surface area contributed by atoms with E-state index in [1.54, 1.807) is 25.9 Å². The fourth-order valence-corrected chi connectivity index (χ4v) is 8.12. The van der Waals surface area contributed by atoms with Crippen molar-refractivity contribution in [3.8, 4) is 11.5 Å². The maximum Gasteiger partial charge on any atom is 0.339 e. The standard InChI is InChI=1S/C34H49N3O9/c1-32(2,41)7-4-9-34(42,21-28(39)36-14-12-35(13-15-36)16-17-38)31(40)46-30-27(43-3)20-33-8-5-10-37(33)11-6-23-18-25-26(45-22-44-25)19-24(23)29(30)33/h18-20,29-30,38,41-42H,4-17,21-22H2,1-3H3/t29?,30-,33+,34-/m1/s1. The molecule has 0 aromatic heterocycles. The number of benzene rings is 1. The highest BCUT2D eigenvalue weighted by molar-refractivity contribution is 5.88. The zero-order valence-electron chi connectivity index (χ0n) is 27.3. The summed E-state index contributed by atoms with van der Waals surface area (Å²) < 4.78 is 23.7. The van der Waals surface area contributed by atoms with E-state index >= 15 is 0 Å². The van der Waals surface area contributed by atoms with Crippen molar-refractivity contribution in [2.24, 2.45) is 0 Å². The van der Waals surface area contributed by atoms with Crippen LogP contribution < -0.4 is 9.47 Å². The van der Waals surface area contributed by atoms with Gasteiger partial charge in [-0.15, -0.1) is 0 Å². The number of esters is 1. The molecule has 1 spiro atoms. The van der Waals surface area contributed by atoms with Gasteiger partial charge in [0.15, 0.2) is 23.2 Å². The quantitative estimate of drug-likeness (QED) is 0.303. The van der Waals surface area contributed by atoms with Gasteiger partial charge in [-0.1, -0.05) is 0 Å². The van der Waals surface area contributed by atoms with Crippen LogP contribution in [0.1, 0.15) is 69.4 Å². The highest BCUT2D eigenvalue weighted by Gasteiger charge is 2.59. The molecule has 254 valence electrons. The Hall–Kier alpha value is -2.90. The van der Waals surface area contributed by atoms with E-state index in [0.29, 0.717) is 62.8 Å². The van der Waals surface area contributed by atoms with Crippen LogP contribution in [0, 0.1) is 0 Å². The topological polar surface area (TPSA) is 141 Å². The summed E-state index contributed by atoms with van der Waals surface area (Å²) in [7, 11) is 1.57. The van der Waals surface area contributed by atoms with Gasteiger partial charge in [0.2, 0.25) is 12.7 Å². The molecule has 4 atom stereocenters. The minimum atomic E-state index is -2.10. The first kappa shape index (κ1) is 33.0. The number of carbonyl (C=O) groups excluding carboxylic acids is 2. The first-order valence-electron chi connectivity index (χ1n) is 16.7. The van der Waals surface area contributed by atoms with Gasteiger partial charge in [0.25, 0.3) is 0 Å². The average Bonchev–Trinajstić information content (AvgIpc) is 3.70. The zero-order valence-corrected chi connectivity index (χ0v) is 27.3. The highest BCUT2D eigenvalue weighted by Crippen LogP contribution is 2.55. The molecule has 1 amide bonds. The van der Waals surface area contributed by atoms with Gasteiger partial charge in [-0.05, 0) is 88.3 Å². The summed E-state index contributed by atoms with van der Waals surface area (Å²) in [4.78, 5) is 34.0. The molecular weight excluding hydrogens is 594 g/mol. The van der Waals surface area contributed by atoms with Gasteiger partial charge >= 0.3 is 5.97 Å². The lowest BCUT2D eigenvalue weighted by Gasteiger charge is -2.40. The molecular formula is C34H49N3O9. The molecule has 1 aliphatic carbocycles. The van der Waals surface area contributed by atoms with Crippen LogP contribution in [0.3, 0.4) is 0 Å². The molecule has 0 bridgehead atoms. The number of nitrogens with zero attached hydrogens (tertiary/aromatic N) is 3. The number of hydrogen-bond donors (Lipinski definition) is 3. The molecule has 46 heavy (non-hydrogen) atoms. The number of aliphatic hydroxyl groups excluding tert-OH is 1. The number of fused-ring (bicyclic) bond motifs is 3. The first-order chi connectivity index (χ1) is 22.0. The average molecular weight is 644 g/mol. The Morgan fingerprint density at radius 3 is 2.48 bits per heavy atom. The van der Waals surface area contributed by atoms with E-state index in [1.807, 2.05) is 12.1 Å². The Balaban J connectivity index is 1.29. The molecule has 5 aliphatic rings. The summed E-state index contributed by atoms with van der Waals surface area (Å²) >= 11 is 0. The van der Waals surface area contributed by atoms with E-state index in [2.05, 4.69) is 15.9 Å². The number of carbonyl (C=O) groups is 2. The van der Waals surface area contributed by atoms with Crippen molar-refractivity contribution in [2.75, 3.05) is 66.3 Å². The largest absolute Gasteiger partial charge is 0.497 e. The van der Waals surface area contributed by atoms with Gasteiger partial charge in [0.05, 0.1) is 37.2 Å². The van der Waals surface area contributed by atoms with Crippen LogP contribution in [0.5, 0.6) is 11.5 Å².